The summed E-state index contributed by atoms with van der Waals surface area (Å²) >= 11 is 1.05. The van der Waals surface area contributed by atoms with Gasteiger partial charge >= 0.3 is 7.75 Å². The monoisotopic (exact) mass is 521 g/mol. The zero-order chi connectivity index (χ0) is 25.5. The van der Waals surface area contributed by atoms with Crippen LogP contribution in [0.4, 0.5) is 4.39 Å². The predicted molar refractivity (Wildman–Crippen MR) is 126 cm³/mol. The molecule has 2 N–H and O–H groups in total. The van der Waals surface area contributed by atoms with Crippen molar-refractivity contribution in [2.75, 3.05) is 25.6 Å². The Labute approximate surface area is 203 Å². The highest BCUT2D eigenvalue weighted by Gasteiger charge is 2.41. The first-order valence-corrected chi connectivity index (χ1v) is 13.4. The average Bonchev–Trinajstić information content (AvgIpc) is 3.17. The molecule has 13 heteroatoms. The third-order valence-electron chi connectivity index (χ3n) is 5.00. The van der Waals surface area contributed by atoms with E-state index in [-0.39, 0.29) is 30.0 Å². The van der Waals surface area contributed by atoms with Crippen LogP contribution in [-0.4, -0.2) is 66.2 Å². The Morgan fingerprint density at radius 2 is 2.21 bits per heavy atom. The molecule has 0 aromatic heterocycles. The van der Waals surface area contributed by atoms with Crippen LogP contribution in [0.3, 0.4) is 0 Å². The summed E-state index contributed by atoms with van der Waals surface area (Å²) in [5, 5.41) is 5.03. The lowest BCUT2D eigenvalue weighted by Crippen LogP contribution is -2.41. The average molecular weight is 522 g/mol. The van der Waals surface area contributed by atoms with Crippen LogP contribution in [0.2, 0.25) is 0 Å². The first kappa shape index (κ1) is 28.7. The molecular formula is C21H33FN3O7PS. The molecule has 0 spiro atoms. The van der Waals surface area contributed by atoms with Crippen LogP contribution in [0.5, 0.6) is 0 Å². The molecule has 0 aromatic rings. The highest BCUT2D eigenvalue weighted by molar-refractivity contribution is 8.13. The minimum Gasteiger partial charge on any atom is -0.352 e. The van der Waals surface area contributed by atoms with Crippen molar-refractivity contribution in [2.45, 2.75) is 52.5 Å². The third-order valence-corrected chi connectivity index (χ3v) is 7.98. The van der Waals surface area contributed by atoms with Gasteiger partial charge < -0.3 is 19.7 Å². The molecule has 0 aromatic carbocycles. The lowest BCUT2D eigenvalue weighted by Gasteiger charge is -2.31. The van der Waals surface area contributed by atoms with Gasteiger partial charge in [-0.3, -0.25) is 23.0 Å². The third kappa shape index (κ3) is 8.28. The van der Waals surface area contributed by atoms with Gasteiger partial charge in [0.15, 0.2) is 5.12 Å². The minimum atomic E-state index is -3.96. The number of nitrogens with one attached hydrogen (secondary N) is 2. The summed E-state index contributed by atoms with van der Waals surface area (Å²) in [6.07, 6.45) is 2.30. The van der Waals surface area contributed by atoms with Gasteiger partial charge in [0.2, 0.25) is 0 Å². The second-order valence-electron chi connectivity index (χ2n) is 9.00. The number of thioether (sulfide) groups is 1. The van der Waals surface area contributed by atoms with Crippen molar-refractivity contribution in [3.8, 4) is 0 Å². The number of hydrogen-bond acceptors (Lipinski definition) is 9. The molecule has 1 saturated heterocycles. The predicted octanol–water partition coefficient (Wildman–Crippen LogP) is 2.73. The molecule has 0 radical (unpaired) electrons. The number of alkyl halides is 1. The summed E-state index contributed by atoms with van der Waals surface area (Å²) in [4.78, 5) is 36.1. The maximum atomic E-state index is 13.7. The summed E-state index contributed by atoms with van der Waals surface area (Å²) in [7, 11) is -3.96. The number of carbonyl (C=O) groups is 3. The number of carbonyl (C=O) groups excluding carboxylic acids is 3. The Balaban J connectivity index is 1.98. The first-order valence-electron chi connectivity index (χ1n) is 10.9. The van der Waals surface area contributed by atoms with Gasteiger partial charge in [0.25, 0.3) is 5.91 Å². The molecule has 4 unspecified atom stereocenters. The van der Waals surface area contributed by atoms with E-state index in [1.807, 2.05) is 0 Å². The van der Waals surface area contributed by atoms with E-state index >= 15 is 0 Å². The molecule has 10 nitrogen and oxygen atoms in total. The van der Waals surface area contributed by atoms with Crippen molar-refractivity contribution in [2.24, 2.45) is 11.3 Å². The van der Waals surface area contributed by atoms with Gasteiger partial charge in [0.1, 0.15) is 18.3 Å². The van der Waals surface area contributed by atoms with Gasteiger partial charge in [0.05, 0.1) is 32.0 Å². The van der Waals surface area contributed by atoms with Crippen LogP contribution < -0.4 is 10.4 Å². The zero-order valence-electron chi connectivity index (χ0n) is 19.8. The maximum absolute atomic E-state index is 13.7. The van der Waals surface area contributed by atoms with Gasteiger partial charge in [-0.25, -0.2) is 9.65 Å². The van der Waals surface area contributed by atoms with Gasteiger partial charge in [-0.1, -0.05) is 39.1 Å². The molecule has 2 rings (SSSR count). The van der Waals surface area contributed by atoms with E-state index in [0.29, 0.717) is 18.5 Å². The Kier molecular flexibility index (Phi) is 10.5. The van der Waals surface area contributed by atoms with Crippen molar-refractivity contribution < 1.29 is 37.1 Å². The van der Waals surface area contributed by atoms with Gasteiger partial charge in [0, 0.05) is 35.8 Å². The van der Waals surface area contributed by atoms with Crippen LogP contribution in [0.15, 0.2) is 24.7 Å². The van der Waals surface area contributed by atoms with Crippen molar-refractivity contribution in [3.05, 3.63) is 24.7 Å². The number of nitrogens with zero attached hydrogens (tertiary/aromatic N) is 1. The summed E-state index contributed by atoms with van der Waals surface area (Å²) in [5.41, 5.74) is -0.523. The Bertz CT molecular complexity index is 851. The summed E-state index contributed by atoms with van der Waals surface area (Å²) in [6.45, 7) is 9.61. The molecule has 0 bridgehead atoms. The van der Waals surface area contributed by atoms with Crippen molar-refractivity contribution in [3.63, 3.8) is 0 Å². The van der Waals surface area contributed by atoms with Crippen LogP contribution in [-0.2, 0) is 32.7 Å². The van der Waals surface area contributed by atoms with E-state index in [9.17, 15) is 23.3 Å². The standard InChI is InChI=1S/C21H33FN3O7PS/c1-14(12-26)24-33(29,30-8-9-34-20(28)21(3,4)5)31-13-17-16(11-22)10-19(32-17)25-7-6-18(27)23-15(25)2/h6-7,12,14,16-17,19H,2,8-11,13H2,1,3-5H3,(H,23,27)(H,24,29)/t14?,16-,17?,19?,33?/m1/s1. The lowest BCUT2D eigenvalue weighted by molar-refractivity contribution is -0.118. The fourth-order valence-corrected chi connectivity index (χ4v) is 5.49. The van der Waals surface area contributed by atoms with Crippen molar-refractivity contribution in [1.29, 1.82) is 0 Å². The summed E-state index contributed by atoms with van der Waals surface area (Å²) in [5.74, 6) is -0.336. The van der Waals surface area contributed by atoms with E-state index in [1.54, 1.807) is 25.7 Å². The van der Waals surface area contributed by atoms with E-state index < -0.39 is 44.1 Å². The minimum absolute atomic E-state index is 0.0400. The molecule has 0 aliphatic carbocycles. The second-order valence-corrected chi connectivity index (χ2v) is 11.8. The summed E-state index contributed by atoms with van der Waals surface area (Å²) in [6, 6.07) is -0.825. The molecule has 34 heavy (non-hydrogen) atoms. The highest BCUT2D eigenvalue weighted by Crippen LogP contribution is 2.45. The number of rotatable bonds is 12. The quantitative estimate of drug-likeness (QED) is 0.225. The van der Waals surface area contributed by atoms with Crippen LogP contribution in [0, 0.1) is 11.3 Å². The van der Waals surface area contributed by atoms with Crippen LogP contribution in [0.25, 0.3) is 0 Å². The van der Waals surface area contributed by atoms with Gasteiger partial charge in [-0.2, -0.15) is 0 Å². The molecular weight excluding hydrogens is 488 g/mol. The SMILES string of the molecule is C=C1NC(=O)C=CN1C1C[C@H](CF)C(COP(=O)(NC(C)C=O)OCCSC(=O)C(C)(C)C)O1. The summed E-state index contributed by atoms with van der Waals surface area (Å²) < 4.78 is 43.7. The molecule has 1 amide bonds. The van der Waals surface area contributed by atoms with E-state index in [2.05, 4.69) is 17.0 Å². The number of aldehydes is 1. The zero-order valence-corrected chi connectivity index (χ0v) is 21.5. The van der Waals surface area contributed by atoms with Crippen molar-refractivity contribution in [1.82, 2.24) is 15.3 Å². The van der Waals surface area contributed by atoms with Crippen LogP contribution >= 0.6 is 19.5 Å². The molecule has 5 atom stereocenters. The van der Waals surface area contributed by atoms with E-state index in [4.69, 9.17) is 13.8 Å². The number of amides is 1. The number of ether oxygens (including phenoxy) is 1. The largest absolute Gasteiger partial charge is 0.406 e. The topological polar surface area (TPSA) is 123 Å². The smallest absolute Gasteiger partial charge is 0.352 e. The first-order chi connectivity index (χ1) is 15.9. The Hall–Kier alpha value is -1.56. The molecule has 2 aliphatic heterocycles. The van der Waals surface area contributed by atoms with E-state index in [0.717, 1.165) is 11.8 Å². The Morgan fingerprint density at radius 3 is 2.79 bits per heavy atom. The molecule has 2 heterocycles. The fraction of sp³-hybridized carbons (Fsp3) is 0.667. The van der Waals surface area contributed by atoms with Crippen LogP contribution in [0.1, 0.15) is 34.1 Å². The van der Waals surface area contributed by atoms with E-state index in [1.165, 1.54) is 19.2 Å². The lowest BCUT2D eigenvalue weighted by atomic mass is 10.00. The number of halogens is 1. The molecule has 192 valence electrons. The fourth-order valence-electron chi connectivity index (χ4n) is 3.12. The second kappa shape index (κ2) is 12.4. The van der Waals surface area contributed by atoms with Crippen molar-refractivity contribution >= 4 is 36.8 Å². The molecule has 2 aliphatic rings. The maximum Gasteiger partial charge on any atom is 0.406 e. The normalized spacial score (nSPS) is 25.7. The molecule has 1 fully saturated rings. The highest BCUT2D eigenvalue weighted by atomic mass is 32.2. The van der Waals surface area contributed by atoms with Gasteiger partial charge in [-0.05, 0) is 6.92 Å². The number of hydrogen-bond donors (Lipinski definition) is 2. The molecule has 0 saturated carbocycles. The van der Waals surface area contributed by atoms with Gasteiger partial charge in [-0.15, -0.1) is 0 Å². The Morgan fingerprint density at radius 1 is 1.50 bits per heavy atom.